The minimum absolute atomic E-state index is 0.0986. The van der Waals surface area contributed by atoms with E-state index in [0.29, 0.717) is 25.9 Å². The zero-order chi connectivity index (χ0) is 30.6. The smallest absolute Gasteiger partial charge is 0.246 e. The summed E-state index contributed by atoms with van der Waals surface area (Å²) in [6, 6.07) is 12.0. The topological polar surface area (TPSA) is 183 Å². The van der Waals surface area contributed by atoms with E-state index in [1.165, 1.54) is 24.0 Å². The summed E-state index contributed by atoms with van der Waals surface area (Å²) in [5.41, 5.74) is 7.54. The van der Waals surface area contributed by atoms with Crippen molar-refractivity contribution in [3.05, 3.63) is 65.7 Å². The van der Waals surface area contributed by atoms with E-state index in [1.807, 2.05) is 37.3 Å². The highest BCUT2D eigenvalue weighted by molar-refractivity contribution is 5.95. The fourth-order valence-corrected chi connectivity index (χ4v) is 4.78. The number of likely N-dealkylation sites (N-methyl/N-ethyl adjacent to an activating group) is 1. The van der Waals surface area contributed by atoms with Gasteiger partial charge >= 0.3 is 0 Å². The Labute approximate surface area is 245 Å². The molecule has 1 saturated heterocycles. The van der Waals surface area contributed by atoms with Gasteiger partial charge in [0.05, 0.1) is 12.6 Å². The third-order valence-corrected chi connectivity index (χ3v) is 7.01. The molecule has 1 heterocycles. The molecule has 2 aromatic carbocycles. The molecule has 3 rings (SSSR count). The van der Waals surface area contributed by atoms with E-state index in [-0.39, 0.29) is 30.4 Å². The van der Waals surface area contributed by atoms with Crippen LogP contribution in [0, 0.1) is 0 Å². The molecule has 0 aromatic heterocycles. The van der Waals surface area contributed by atoms with E-state index in [0.717, 1.165) is 11.1 Å². The minimum atomic E-state index is -0.972. The van der Waals surface area contributed by atoms with Crippen LogP contribution >= 0.6 is 0 Å². The third-order valence-electron chi connectivity index (χ3n) is 7.01. The Morgan fingerprint density at radius 3 is 2.26 bits per heavy atom. The number of rotatable bonds is 13. The molecule has 7 N–H and O–H groups in total. The highest BCUT2D eigenvalue weighted by atomic mass is 16.3. The molecule has 1 aliphatic heterocycles. The molecule has 4 atom stereocenters. The van der Waals surface area contributed by atoms with Crippen LogP contribution in [0.4, 0.5) is 0 Å². The molecule has 0 aliphatic carbocycles. The van der Waals surface area contributed by atoms with Crippen LogP contribution in [0.5, 0.6) is 5.75 Å². The van der Waals surface area contributed by atoms with Crippen molar-refractivity contribution in [3.8, 4) is 5.75 Å². The number of amides is 5. The number of nitrogens with one attached hydrogen (secondary N) is 4. The van der Waals surface area contributed by atoms with Crippen LogP contribution in [0.15, 0.2) is 54.6 Å². The van der Waals surface area contributed by atoms with Gasteiger partial charge in [0.15, 0.2) is 0 Å². The van der Waals surface area contributed by atoms with Crippen molar-refractivity contribution in [1.29, 1.82) is 0 Å². The normalized spacial score (nSPS) is 16.5. The summed E-state index contributed by atoms with van der Waals surface area (Å²) in [4.78, 5) is 65.6. The van der Waals surface area contributed by atoms with Gasteiger partial charge in [-0.2, -0.15) is 0 Å². The lowest BCUT2D eigenvalue weighted by Gasteiger charge is -2.29. The van der Waals surface area contributed by atoms with Crippen molar-refractivity contribution >= 4 is 29.5 Å². The number of nitrogens with two attached hydrogens (primary N) is 1. The lowest BCUT2D eigenvalue weighted by atomic mass is 10.0. The van der Waals surface area contributed by atoms with Gasteiger partial charge in [0, 0.05) is 19.5 Å². The van der Waals surface area contributed by atoms with Gasteiger partial charge in [0.2, 0.25) is 29.5 Å². The zero-order valence-corrected chi connectivity index (χ0v) is 24.0. The Kier molecular flexibility index (Phi) is 11.9. The second-order valence-corrected chi connectivity index (χ2v) is 10.3. The molecule has 0 unspecified atom stereocenters. The van der Waals surface area contributed by atoms with Gasteiger partial charge < -0.3 is 37.0 Å². The summed E-state index contributed by atoms with van der Waals surface area (Å²) in [7, 11) is 0. The van der Waals surface area contributed by atoms with Gasteiger partial charge in [-0.3, -0.25) is 24.0 Å². The average Bonchev–Trinajstić information content (AvgIpc) is 3.47. The van der Waals surface area contributed by atoms with Crippen molar-refractivity contribution in [2.24, 2.45) is 5.73 Å². The molecular weight excluding hydrogens is 540 g/mol. The molecule has 12 heteroatoms. The Balaban J connectivity index is 1.56. The molecule has 2 aromatic rings. The molecule has 1 fully saturated rings. The lowest BCUT2D eigenvalue weighted by molar-refractivity contribution is -0.141. The first-order valence-corrected chi connectivity index (χ1v) is 14.1. The van der Waals surface area contributed by atoms with Gasteiger partial charge in [0.1, 0.15) is 23.9 Å². The van der Waals surface area contributed by atoms with Gasteiger partial charge in [0.25, 0.3) is 0 Å². The first-order valence-electron chi connectivity index (χ1n) is 14.1. The van der Waals surface area contributed by atoms with Crippen molar-refractivity contribution < 1.29 is 29.1 Å². The van der Waals surface area contributed by atoms with Crippen molar-refractivity contribution in [1.82, 2.24) is 26.2 Å². The third kappa shape index (κ3) is 9.30. The summed E-state index contributed by atoms with van der Waals surface area (Å²) >= 11 is 0. The van der Waals surface area contributed by atoms with Crippen LogP contribution in [0.3, 0.4) is 0 Å². The second-order valence-electron chi connectivity index (χ2n) is 10.3. The number of hydrogen-bond donors (Lipinski definition) is 6. The molecule has 0 saturated carbocycles. The van der Waals surface area contributed by atoms with Crippen molar-refractivity contribution in [2.45, 2.75) is 63.7 Å². The molecule has 0 radical (unpaired) electrons. The van der Waals surface area contributed by atoms with Crippen LogP contribution in [-0.2, 0) is 36.8 Å². The van der Waals surface area contributed by atoms with E-state index in [9.17, 15) is 29.1 Å². The fourth-order valence-electron chi connectivity index (χ4n) is 4.78. The van der Waals surface area contributed by atoms with Crippen LogP contribution in [0.25, 0.3) is 0 Å². The van der Waals surface area contributed by atoms with E-state index in [4.69, 9.17) is 5.73 Å². The van der Waals surface area contributed by atoms with Gasteiger partial charge in [-0.25, -0.2) is 0 Å². The maximum atomic E-state index is 13.6. The molecule has 226 valence electrons. The number of likely N-dealkylation sites (tertiary alicyclic amines) is 1. The Morgan fingerprint density at radius 1 is 0.929 bits per heavy atom. The average molecular weight is 581 g/mol. The maximum absolute atomic E-state index is 13.6. The minimum Gasteiger partial charge on any atom is -0.508 e. The summed E-state index contributed by atoms with van der Waals surface area (Å²) < 4.78 is 0. The summed E-state index contributed by atoms with van der Waals surface area (Å²) in [6.07, 6.45) is 1.64. The highest BCUT2D eigenvalue weighted by Gasteiger charge is 2.37. The number of phenolic OH excluding ortho intramolecular Hbond substituents is 1. The number of carbonyl (C=O) groups excluding carboxylic acids is 5. The highest BCUT2D eigenvalue weighted by Crippen LogP contribution is 2.20. The van der Waals surface area contributed by atoms with E-state index >= 15 is 0 Å². The number of aromatic hydroxyl groups is 1. The van der Waals surface area contributed by atoms with Crippen LogP contribution < -0.4 is 27.0 Å². The van der Waals surface area contributed by atoms with Gasteiger partial charge in [-0.05, 0) is 56.4 Å². The largest absolute Gasteiger partial charge is 0.508 e. The molecule has 5 amide bonds. The van der Waals surface area contributed by atoms with Crippen LogP contribution in [-0.4, -0.2) is 83.3 Å². The van der Waals surface area contributed by atoms with Crippen molar-refractivity contribution in [2.75, 3.05) is 19.6 Å². The van der Waals surface area contributed by atoms with Gasteiger partial charge in [-0.15, -0.1) is 0 Å². The Morgan fingerprint density at radius 2 is 1.60 bits per heavy atom. The number of hydrogen-bond acceptors (Lipinski definition) is 7. The first kappa shape index (κ1) is 32.1. The molecule has 0 spiro atoms. The number of phenols is 1. The fraction of sp³-hybridized carbons (Fsp3) is 0.433. The predicted molar refractivity (Wildman–Crippen MR) is 156 cm³/mol. The lowest BCUT2D eigenvalue weighted by Crippen LogP contribution is -2.56. The number of nitrogens with zero attached hydrogens (tertiary/aromatic N) is 1. The summed E-state index contributed by atoms with van der Waals surface area (Å²) in [5.74, 6) is -2.22. The van der Waals surface area contributed by atoms with Gasteiger partial charge in [-0.1, -0.05) is 42.5 Å². The maximum Gasteiger partial charge on any atom is 0.246 e. The van der Waals surface area contributed by atoms with E-state index in [2.05, 4.69) is 21.3 Å². The predicted octanol–water partition coefficient (Wildman–Crippen LogP) is -0.262. The van der Waals surface area contributed by atoms with E-state index in [1.54, 1.807) is 12.1 Å². The molecule has 42 heavy (non-hydrogen) atoms. The van der Waals surface area contributed by atoms with Crippen molar-refractivity contribution in [3.63, 3.8) is 0 Å². The Hall–Kier alpha value is -4.45. The quantitative estimate of drug-likeness (QED) is 0.189. The summed E-state index contributed by atoms with van der Waals surface area (Å²) in [5, 5.41) is 19.9. The molecule has 1 aliphatic rings. The standard InChI is InChI=1S/C30H40N6O6/c1-3-32-29(41)25-10-7-15-36(25)30(42)24(17-20-8-5-4-6-9-20)35-26(38)18-33-27(39)19(2)34-28(40)23(31)16-21-11-13-22(37)14-12-21/h4-6,8-9,11-14,19,23-25,37H,3,7,10,15-18,31H2,1-2H3,(H,32,41)(H,33,39)(H,34,40)(H,35,38)/t19-,23+,24+,25+/m1/s1. The van der Waals surface area contributed by atoms with Crippen LogP contribution in [0.1, 0.15) is 37.8 Å². The molecule has 0 bridgehead atoms. The summed E-state index contributed by atoms with van der Waals surface area (Å²) in [6.45, 7) is 3.71. The first-order chi connectivity index (χ1) is 20.1. The molecule has 12 nitrogen and oxygen atoms in total. The van der Waals surface area contributed by atoms with Crippen LogP contribution in [0.2, 0.25) is 0 Å². The monoisotopic (exact) mass is 580 g/mol. The molecular formula is C30H40N6O6. The zero-order valence-electron chi connectivity index (χ0n) is 24.0. The second kappa shape index (κ2) is 15.5. The Bertz CT molecular complexity index is 1240. The number of benzene rings is 2. The number of carbonyl (C=O) groups is 5. The van der Waals surface area contributed by atoms with E-state index < -0.39 is 48.4 Å². The SMILES string of the molecule is CCNC(=O)[C@@H]1CCCN1C(=O)[C@H](Cc1ccccc1)NC(=O)CNC(=O)[C@@H](C)NC(=O)[C@@H](N)Cc1ccc(O)cc1.